The van der Waals surface area contributed by atoms with Crippen LogP contribution < -0.4 is 0 Å². The van der Waals surface area contributed by atoms with Gasteiger partial charge in [0.05, 0.1) is 5.75 Å². The molecule has 0 unspecified atom stereocenters. The molecule has 2 aromatic rings. The van der Waals surface area contributed by atoms with Crippen molar-refractivity contribution in [1.29, 1.82) is 0 Å². The topological polar surface area (TPSA) is 47.0 Å². The molecule has 0 spiro atoms. The van der Waals surface area contributed by atoms with Crippen molar-refractivity contribution in [3.8, 4) is 0 Å². The molecule has 20 heavy (non-hydrogen) atoms. The number of aromatic nitrogens is 1. The number of halogens is 2. The van der Waals surface area contributed by atoms with E-state index in [2.05, 4.69) is 4.98 Å². The lowest BCUT2D eigenvalue weighted by molar-refractivity contribution is 0.588. The highest BCUT2D eigenvalue weighted by molar-refractivity contribution is 7.91. The van der Waals surface area contributed by atoms with Gasteiger partial charge in [0.2, 0.25) is 0 Å². The molecule has 0 aliphatic carbocycles. The maximum absolute atomic E-state index is 13.6. The second kappa shape index (κ2) is 5.89. The summed E-state index contributed by atoms with van der Waals surface area (Å²) < 4.78 is 37.8. The van der Waals surface area contributed by atoms with E-state index in [1.54, 1.807) is 6.07 Å². The molecule has 0 amide bonds. The predicted molar refractivity (Wildman–Crippen MR) is 76.1 cm³/mol. The zero-order chi connectivity index (χ0) is 14.8. The van der Waals surface area contributed by atoms with Gasteiger partial charge < -0.3 is 0 Å². The average molecular weight is 314 g/mol. The molecule has 0 fully saturated rings. The van der Waals surface area contributed by atoms with E-state index in [-0.39, 0.29) is 27.8 Å². The average Bonchev–Trinajstić information content (AvgIpc) is 2.38. The molecule has 2 rings (SSSR count). The highest BCUT2D eigenvalue weighted by Gasteiger charge is 2.18. The minimum Gasteiger partial charge on any atom is -0.244 e. The lowest BCUT2D eigenvalue weighted by Gasteiger charge is -2.07. The zero-order valence-electron chi connectivity index (χ0n) is 10.8. The summed E-state index contributed by atoms with van der Waals surface area (Å²) in [5, 5.41) is 0.229. The minimum atomic E-state index is -3.55. The number of sulfone groups is 1. The number of pyridine rings is 1. The summed E-state index contributed by atoms with van der Waals surface area (Å²) in [6.07, 6.45) is 1.51. The van der Waals surface area contributed by atoms with Crippen LogP contribution in [0, 0.1) is 12.7 Å². The summed E-state index contributed by atoms with van der Waals surface area (Å²) >= 11 is 5.87. The van der Waals surface area contributed by atoms with E-state index in [4.69, 9.17) is 11.6 Å². The van der Waals surface area contributed by atoms with Crippen LogP contribution in [0.3, 0.4) is 0 Å². The van der Waals surface area contributed by atoms with E-state index < -0.39 is 15.7 Å². The fourth-order valence-corrected chi connectivity index (χ4v) is 3.18. The van der Waals surface area contributed by atoms with Crippen LogP contribution in [-0.4, -0.2) is 19.2 Å². The summed E-state index contributed by atoms with van der Waals surface area (Å²) in [4.78, 5) is 3.89. The van der Waals surface area contributed by atoms with Crippen molar-refractivity contribution < 1.29 is 12.8 Å². The Balaban J connectivity index is 2.20. The van der Waals surface area contributed by atoms with Gasteiger partial charge in [-0.3, -0.25) is 0 Å². The van der Waals surface area contributed by atoms with Crippen LogP contribution in [0.4, 0.5) is 4.39 Å². The molecule has 0 atom stereocenters. The summed E-state index contributed by atoms with van der Waals surface area (Å²) in [7, 11) is -3.55. The van der Waals surface area contributed by atoms with Gasteiger partial charge >= 0.3 is 0 Å². The molecule has 0 radical (unpaired) electrons. The summed E-state index contributed by atoms with van der Waals surface area (Å²) in [6.45, 7) is 1.82. The van der Waals surface area contributed by atoms with Gasteiger partial charge in [0.15, 0.2) is 14.9 Å². The van der Waals surface area contributed by atoms with E-state index in [1.807, 2.05) is 6.92 Å². The Hall–Kier alpha value is -1.46. The number of rotatable bonds is 4. The van der Waals surface area contributed by atoms with Crippen molar-refractivity contribution in [2.24, 2.45) is 0 Å². The highest BCUT2D eigenvalue weighted by Crippen LogP contribution is 2.21. The van der Waals surface area contributed by atoms with Gasteiger partial charge in [0.25, 0.3) is 0 Å². The Morgan fingerprint density at radius 3 is 2.60 bits per heavy atom. The Morgan fingerprint density at radius 2 is 2.00 bits per heavy atom. The SMILES string of the molecule is Cc1ccc(S(=O)(=O)CCc2c(F)cccc2Cl)nc1. The van der Waals surface area contributed by atoms with E-state index in [9.17, 15) is 12.8 Å². The van der Waals surface area contributed by atoms with E-state index in [0.29, 0.717) is 0 Å². The van der Waals surface area contributed by atoms with Crippen LogP contribution in [0.15, 0.2) is 41.6 Å². The van der Waals surface area contributed by atoms with Crippen molar-refractivity contribution in [2.75, 3.05) is 5.75 Å². The first kappa shape index (κ1) is 14.9. The smallest absolute Gasteiger partial charge is 0.195 e. The standard InChI is InChI=1S/C14H13ClFNO2S/c1-10-5-6-14(17-9-10)20(18,19)8-7-11-12(15)3-2-4-13(11)16/h2-6,9H,7-8H2,1H3. The molecule has 0 aliphatic heterocycles. The Bertz CT molecular complexity index is 694. The fraction of sp³-hybridized carbons (Fsp3) is 0.214. The maximum Gasteiger partial charge on any atom is 0.195 e. The third-order valence-corrected chi connectivity index (χ3v) is 4.86. The number of hydrogen-bond acceptors (Lipinski definition) is 3. The zero-order valence-corrected chi connectivity index (χ0v) is 12.4. The number of nitrogens with zero attached hydrogens (tertiary/aromatic N) is 1. The summed E-state index contributed by atoms with van der Waals surface area (Å²) in [5.41, 5.74) is 1.09. The molecule has 106 valence electrons. The normalized spacial score (nSPS) is 11.6. The Kier molecular flexibility index (Phi) is 4.40. The third-order valence-electron chi connectivity index (χ3n) is 2.89. The van der Waals surface area contributed by atoms with Gasteiger partial charge in [-0.25, -0.2) is 17.8 Å². The van der Waals surface area contributed by atoms with Crippen LogP contribution in [0.5, 0.6) is 0 Å². The van der Waals surface area contributed by atoms with E-state index >= 15 is 0 Å². The maximum atomic E-state index is 13.6. The van der Waals surface area contributed by atoms with Crippen LogP contribution in [0.2, 0.25) is 5.02 Å². The molecular formula is C14H13ClFNO2S. The molecule has 0 bridgehead atoms. The number of aryl methyl sites for hydroxylation is 1. The molecule has 3 nitrogen and oxygen atoms in total. The predicted octanol–water partition coefficient (Wildman–Crippen LogP) is 3.20. The third kappa shape index (κ3) is 3.35. The molecule has 0 N–H and O–H groups in total. The summed E-state index contributed by atoms with van der Waals surface area (Å²) in [6, 6.07) is 7.41. The fourth-order valence-electron chi connectivity index (χ4n) is 1.75. The van der Waals surface area contributed by atoms with E-state index in [0.717, 1.165) is 5.56 Å². The van der Waals surface area contributed by atoms with Gasteiger partial charge in [-0.05, 0) is 37.1 Å². The Morgan fingerprint density at radius 1 is 1.25 bits per heavy atom. The van der Waals surface area contributed by atoms with Crippen LogP contribution in [-0.2, 0) is 16.3 Å². The first-order valence-electron chi connectivity index (χ1n) is 5.98. The van der Waals surface area contributed by atoms with Crippen LogP contribution in [0.25, 0.3) is 0 Å². The molecular weight excluding hydrogens is 301 g/mol. The highest BCUT2D eigenvalue weighted by atomic mass is 35.5. The first-order chi connectivity index (χ1) is 9.40. The quantitative estimate of drug-likeness (QED) is 0.871. The molecule has 0 saturated heterocycles. The molecule has 1 aromatic heterocycles. The lowest BCUT2D eigenvalue weighted by atomic mass is 10.1. The first-order valence-corrected chi connectivity index (χ1v) is 8.01. The lowest BCUT2D eigenvalue weighted by Crippen LogP contribution is -2.12. The second-order valence-electron chi connectivity index (χ2n) is 4.44. The van der Waals surface area contributed by atoms with Crippen molar-refractivity contribution in [1.82, 2.24) is 4.98 Å². The molecule has 1 heterocycles. The van der Waals surface area contributed by atoms with Gasteiger partial charge in [-0.2, -0.15) is 0 Å². The minimum absolute atomic E-state index is 0.00411. The number of benzene rings is 1. The van der Waals surface area contributed by atoms with Gasteiger partial charge in [0, 0.05) is 16.8 Å². The van der Waals surface area contributed by atoms with Crippen molar-refractivity contribution >= 4 is 21.4 Å². The van der Waals surface area contributed by atoms with Gasteiger partial charge in [0.1, 0.15) is 5.82 Å². The Labute approximate surface area is 122 Å². The van der Waals surface area contributed by atoms with Crippen molar-refractivity contribution in [3.05, 3.63) is 58.5 Å². The van der Waals surface area contributed by atoms with Crippen LogP contribution >= 0.6 is 11.6 Å². The molecule has 0 aliphatic rings. The molecule has 0 saturated carbocycles. The largest absolute Gasteiger partial charge is 0.244 e. The van der Waals surface area contributed by atoms with Gasteiger partial charge in [-0.1, -0.05) is 23.7 Å². The van der Waals surface area contributed by atoms with Crippen molar-refractivity contribution in [2.45, 2.75) is 18.4 Å². The van der Waals surface area contributed by atoms with Gasteiger partial charge in [-0.15, -0.1) is 0 Å². The van der Waals surface area contributed by atoms with E-state index in [1.165, 1.54) is 30.5 Å². The number of hydrogen-bond donors (Lipinski definition) is 0. The van der Waals surface area contributed by atoms with Crippen LogP contribution in [0.1, 0.15) is 11.1 Å². The summed E-state index contributed by atoms with van der Waals surface area (Å²) in [5.74, 6) is -0.728. The van der Waals surface area contributed by atoms with Crippen molar-refractivity contribution in [3.63, 3.8) is 0 Å². The monoisotopic (exact) mass is 313 g/mol. The second-order valence-corrected chi connectivity index (χ2v) is 6.91. The molecule has 1 aromatic carbocycles. The molecule has 6 heteroatoms.